The second-order valence-electron chi connectivity index (χ2n) is 3.72. The van der Waals surface area contributed by atoms with Crippen molar-refractivity contribution in [2.24, 2.45) is 5.73 Å². The number of ether oxygens (including phenoxy) is 1. The normalized spacial score (nSPS) is 11.6. The quantitative estimate of drug-likeness (QED) is 0.667. The van der Waals surface area contributed by atoms with Gasteiger partial charge in [0.15, 0.2) is 6.61 Å². The monoisotopic (exact) mass is 252 g/mol. The Morgan fingerprint density at radius 3 is 2.44 bits per heavy atom. The summed E-state index contributed by atoms with van der Waals surface area (Å²) in [6, 6.07) is 6.02. The van der Waals surface area contributed by atoms with Crippen LogP contribution in [0.3, 0.4) is 0 Å². The molecule has 1 unspecified atom stereocenters. The molecule has 0 bridgehead atoms. The van der Waals surface area contributed by atoms with E-state index in [0.717, 1.165) is 0 Å². The molecular weight excluding hydrogens is 236 g/mol. The van der Waals surface area contributed by atoms with E-state index in [0.29, 0.717) is 17.9 Å². The number of carbonyl (C=O) groups excluding carboxylic acids is 1. The van der Waals surface area contributed by atoms with Crippen LogP contribution >= 0.6 is 0 Å². The highest BCUT2D eigenvalue weighted by atomic mass is 16.5. The molecule has 98 valence electrons. The van der Waals surface area contributed by atoms with Crippen LogP contribution in [0.4, 0.5) is 5.69 Å². The molecule has 0 aromatic heterocycles. The van der Waals surface area contributed by atoms with Gasteiger partial charge in [0.1, 0.15) is 11.8 Å². The van der Waals surface area contributed by atoms with Gasteiger partial charge in [-0.05, 0) is 30.7 Å². The average Bonchev–Trinajstić information content (AvgIpc) is 2.34. The van der Waals surface area contributed by atoms with Gasteiger partial charge in [-0.25, -0.2) is 4.79 Å². The Morgan fingerprint density at radius 1 is 1.39 bits per heavy atom. The van der Waals surface area contributed by atoms with E-state index in [2.05, 4.69) is 5.32 Å². The Balaban J connectivity index is 2.59. The number of primary amides is 1. The zero-order valence-electron chi connectivity index (χ0n) is 10.1. The standard InChI is InChI=1S/C12H16N2O4/c1-2-10(12(16)17)14-8-3-5-9(6-4-8)18-7-11(13)15/h3-6,10,14H,2,7H2,1H3,(H2,13,15)(H,16,17). The summed E-state index contributed by atoms with van der Waals surface area (Å²) < 4.78 is 5.08. The first-order valence-electron chi connectivity index (χ1n) is 5.53. The molecule has 6 heteroatoms. The fourth-order valence-electron chi connectivity index (χ4n) is 1.34. The minimum Gasteiger partial charge on any atom is -0.484 e. The average molecular weight is 252 g/mol. The molecule has 4 N–H and O–H groups in total. The van der Waals surface area contributed by atoms with Crippen molar-refractivity contribution in [1.82, 2.24) is 0 Å². The number of hydrogen-bond donors (Lipinski definition) is 3. The Labute approximate surface area is 105 Å². The number of amides is 1. The molecule has 0 spiro atoms. The Bertz CT molecular complexity index is 417. The van der Waals surface area contributed by atoms with Crippen LogP contribution in [0.5, 0.6) is 5.75 Å². The van der Waals surface area contributed by atoms with Crippen molar-refractivity contribution in [1.29, 1.82) is 0 Å². The summed E-state index contributed by atoms with van der Waals surface area (Å²) in [5.41, 5.74) is 5.62. The van der Waals surface area contributed by atoms with E-state index in [-0.39, 0.29) is 6.61 Å². The molecule has 0 saturated carbocycles. The minimum absolute atomic E-state index is 0.181. The number of aliphatic carboxylic acids is 1. The van der Waals surface area contributed by atoms with E-state index >= 15 is 0 Å². The molecule has 0 fully saturated rings. The van der Waals surface area contributed by atoms with Gasteiger partial charge in [-0.1, -0.05) is 6.92 Å². The molecule has 1 atom stereocenters. The summed E-state index contributed by atoms with van der Waals surface area (Å²) in [6.45, 7) is 1.61. The molecule has 0 aliphatic rings. The van der Waals surface area contributed by atoms with Crippen LogP contribution in [0.1, 0.15) is 13.3 Å². The van der Waals surface area contributed by atoms with E-state index in [1.165, 1.54) is 0 Å². The second-order valence-corrected chi connectivity index (χ2v) is 3.72. The Morgan fingerprint density at radius 2 is 2.00 bits per heavy atom. The van der Waals surface area contributed by atoms with Crippen LogP contribution in [0, 0.1) is 0 Å². The predicted octanol–water partition coefficient (Wildman–Crippen LogP) is 0.826. The maximum absolute atomic E-state index is 10.8. The third kappa shape index (κ3) is 4.32. The molecule has 0 heterocycles. The molecule has 18 heavy (non-hydrogen) atoms. The summed E-state index contributed by atoms with van der Waals surface area (Å²) in [5, 5.41) is 11.8. The first-order chi connectivity index (χ1) is 8.52. The van der Waals surface area contributed by atoms with Gasteiger partial charge in [0.2, 0.25) is 0 Å². The van der Waals surface area contributed by atoms with Crippen LogP contribution < -0.4 is 15.8 Å². The van der Waals surface area contributed by atoms with Crippen molar-refractivity contribution in [3.05, 3.63) is 24.3 Å². The molecule has 1 rings (SSSR count). The molecule has 1 aromatic carbocycles. The van der Waals surface area contributed by atoms with E-state index in [9.17, 15) is 9.59 Å². The third-order valence-electron chi connectivity index (χ3n) is 2.28. The van der Waals surface area contributed by atoms with Gasteiger partial charge >= 0.3 is 5.97 Å². The number of rotatable bonds is 7. The van der Waals surface area contributed by atoms with Crippen molar-refractivity contribution in [3.8, 4) is 5.75 Å². The molecule has 1 amide bonds. The lowest BCUT2D eigenvalue weighted by molar-refractivity contribution is -0.138. The predicted molar refractivity (Wildman–Crippen MR) is 66.5 cm³/mol. The topological polar surface area (TPSA) is 102 Å². The highest BCUT2D eigenvalue weighted by molar-refractivity contribution is 5.77. The zero-order valence-corrected chi connectivity index (χ0v) is 10.1. The van der Waals surface area contributed by atoms with E-state index in [1.54, 1.807) is 31.2 Å². The van der Waals surface area contributed by atoms with E-state index in [1.807, 2.05) is 0 Å². The Kier molecular flexibility index (Phi) is 4.98. The van der Waals surface area contributed by atoms with Crippen molar-refractivity contribution in [2.45, 2.75) is 19.4 Å². The SMILES string of the molecule is CCC(Nc1ccc(OCC(N)=O)cc1)C(=O)O. The van der Waals surface area contributed by atoms with Gasteiger partial charge in [-0.15, -0.1) is 0 Å². The molecule has 0 aliphatic carbocycles. The fraction of sp³-hybridized carbons (Fsp3) is 0.333. The van der Waals surface area contributed by atoms with Crippen LogP contribution in [0.15, 0.2) is 24.3 Å². The summed E-state index contributed by atoms with van der Waals surface area (Å²) in [6.07, 6.45) is 0.481. The maximum atomic E-state index is 10.8. The number of anilines is 1. The molecular formula is C12H16N2O4. The van der Waals surface area contributed by atoms with Crippen molar-refractivity contribution in [2.75, 3.05) is 11.9 Å². The number of hydrogen-bond acceptors (Lipinski definition) is 4. The van der Waals surface area contributed by atoms with E-state index in [4.69, 9.17) is 15.6 Å². The van der Waals surface area contributed by atoms with Gasteiger partial charge in [0.05, 0.1) is 0 Å². The number of nitrogens with two attached hydrogens (primary N) is 1. The van der Waals surface area contributed by atoms with Crippen LogP contribution in [-0.2, 0) is 9.59 Å². The summed E-state index contributed by atoms with van der Waals surface area (Å²) in [5.74, 6) is -0.941. The molecule has 6 nitrogen and oxygen atoms in total. The van der Waals surface area contributed by atoms with Crippen LogP contribution in [0.2, 0.25) is 0 Å². The summed E-state index contributed by atoms with van der Waals surface area (Å²) >= 11 is 0. The largest absolute Gasteiger partial charge is 0.484 e. The number of nitrogens with one attached hydrogen (secondary N) is 1. The smallest absolute Gasteiger partial charge is 0.326 e. The van der Waals surface area contributed by atoms with Crippen molar-refractivity contribution in [3.63, 3.8) is 0 Å². The first-order valence-corrected chi connectivity index (χ1v) is 5.53. The molecule has 1 aromatic rings. The van der Waals surface area contributed by atoms with Crippen LogP contribution in [0.25, 0.3) is 0 Å². The van der Waals surface area contributed by atoms with E-state index < -0.39 is 17.9 Å². The highest BCUT2D eigenvalue weighted by Gasteiger charge is 2.13. The van der Waals surface area contributed by atoms with Crippen molar-refractivity contribution < 1.29 is 19.4 Å². The van der Waals surface area contributed by atoms with Crippen LogP contribution in [-0.4, -0.2) is 29.6 Å². The lowest BCUT2D eigenvalue weighted by atomic mass is 10.2. The second kappa shape index (κ2) is 6.48. The lowest BCUT2D eigenvalue weighted by Crippen LogP contribution is -2.28. The van der Waals surface area contributed by atoms with Gasteiger partial charge < -0.3 is 20.9 Å². The fourth-order valence-corrected chi connectivity index (χ4v) is 1.34. The summed E-state index contributed by atoms with van der Waals surface area (Å²) in [7, 11) is 0. The Hall–Kier alpha value is -2.24. The number of benzene rings is 1. The molecule has 0 aliphatic heterocycles. The highest BCUT2D eigenvalue weighted by Crippen LogP contribution is 2.16. The maximum Gasteiger partial charge on any atom is 0.326 e. The minimum atomic E-state index is -0.897. The van der Waals surface area contributed by atoms with Crippen molar-refractivity contribution >= 4 is 17.6 Å². The summed E-state index contributed by atoms with van der Waals surface area (Å²) in [4.78, 5) is 21.4. The lowest BCUT2D eigenvalue weighted by Gasteiger charge is -2.14. The first kappa shape index (κ1) is 13.8. The van der Waals surface area contributed by atoms with Gasteiger partial charge in [0, 0.05) is 5.69 Å². The van der Waals surface area contributed by atoms with Gasteiger partial charge in [-0.3, -0.25) is 4.79 Å². The molecule has 0 radical (unpaired) electrons. The molecule has 0 saturated heterocycles. The number of carbonyl (C=O) groups is 2. The third-order valence-corrected chi connectivity index (χ3v) is 2.28. The number of carboxylic acids is 1. The zero-order chi connectivity index (χ0) is 13.5. The van der Waals surface area contributed by atoms with Gasteiger partial charge in [0.25, 0.3) is 5.91 Å². The number of carboxylic acid groups (broad SMARTS) is 1. The van der Waals surface area contributed by atoms with Gasteiger partial charge in [-0.2, -0.15) is 0 Å².